The number of hydrogen-bond donors (Lipinski definition) is 3. The number of benzene rings is 2. The van der Waals surface area contributed by atoms with Gasteiger partial charge < -0.3 is 15.7 Å². The molecule has 2 rings (SSSR count). The Morgan fingerprint density at radius 2 is 1.81 bits per heavy atom. The lowest BCUT2D eigenvalue weighted by Crippen LogP contribution is -2.14. The lowest BCUT2D eigenvalue weighted by molar-refractivity contribution is -0.114. The standard InChI is InChI=1S/C16H16N2O3/c1-11(20)17-14-7-4-6-12(9-14)16(21)18-15-8-3-2-5-13(15)10-19/h2-9,19H,10H2,1H3,(H,17,20)(H,18,21). The van der Waals surface area contributed by atoms with E-state index in [1.807, 2.05) is 0 Å². The molecule has 0 heterocycles. The summed E-state index contributed by atoms with van der Waals surface area (Å²) < 4.78 is 0. The van der Waals surface area contributed by atoms with Crippen molar-refractivity contribution in [3.63, 3.8) is 0 Å². The van der Waals surface area contributed by atoms with Gasteiger partial charge >= 0.3 is 0 Å². The summed E-state index contributed by atoms with van der Waals surface area (Å²) in [5.74, 6) is -0.499. The summed E-state index contributed by atoms with van der Waals surface area (Å²) in [4.78, 5) is 23.2. The number of rotatable bonds is 4. The van der Waals surface area contributed by atoms with E-state index >= 15 is 0 Å². The van der Waals surface area contributed by atoms with Crippen molar-refractivity contribution in [3.8, 4) is 0 Å². The van der Waals surface area contributed by atoms with Gasteiger partial charge in [-0.15, -0.1) is 0 Å². The van der Waals surface area contributed by atoms with E-state index in [1.165, 1.54) is 6.92 Å². The van der Waals surface area contributed by atoms with Gasteiger partial charge in [0, 0.05) is 29.4 Å². The zero-order valence-corrected chi connectivity index (χ0v) is 11.6. The molecule has 0 bridgehead atoms. The molecule has 0 saturated carbocycles. The largest absolute Gasteiger partial charge is 0.392 e. The minimum absolute atomic E-state index is 0.150. The quantitative estimate of drug-likeness (QED) is 0.806. The number of carbonyl (C=O) groups excluding carboxylic acids is 2. The van der Waals surface area contributed by atoms with Gasteiger partial charge in [-0.05, 0) is 24.3 Å². The third-order valence-corrected chi connectivity index (χ3v) is 2.88. The van der Waals surface area contributed by atoms with Crippen LogP contribution in [0.2, 0.25) is 0 Å². The third kappa shape index (κ3) is 3.90. The average molecular weight is 284 g/mol. The maximum Gasteiger partial charge on any atom is 0.255 e. The van der Waals surface area contributed by atoms with Gasteiger partial charge in [0.25, 0.3) is 5.91 Å². The second-order valence-electron chi connectivity index (χ2n) is 4.53. The van der Waals surface area contributed by atoms with Crippen molar-refractivity contribution in [2.45, 2.75) is 13.5 Å². The first-order valence-electron chi connectivity index (χ1n) is 6.48. The van der Waals surface area contributed by atoms with Crippen molar-refractivity contribution >= 4 is 23.2 Å². The molecule has 0 atom stereocenters. The van der Waals surface area contributed by atoms with Crippen LogP contribution in [0, 0.1) is 0 Å². The smallest absolute Gasteiger partial charge is 0.255 e. The molecule has 2 aromatic carbocycles. The molecule has 0 fully saturated rings. The highest BCUT2D eigenvalue weighted by molar-refractivity contribution is 6.05. The van der Waals surface area contributed by atoms with E-state index in [2.05, 4.69) is 10.6 Å². The maximum absolute atomic E-state index is 12.2. The summed E-state index contributed by atoms with van der Waals surface area (Å²) >= 11 is 0. The van der Waals surface area contributed by atoms with Crippen molar-refractivity contribution < 1.29 is 14.7 Å². The zero-order chi connectivity index (χ0) is 15.2. The Kier molecular flexibility index (Phi) is 4.68. The lowest BCUT2D eigenvalue weighted by atomic mass is 10.1. The minimum Gasteiger partial charge on any atom is -0.392 e. The zero-order valence-electron chi connectivity index (χ0n) is 11.6. The van der Waals surface area contributed by atoms with Gasteiger partial charge in [-0.1, -0.05) is 24.3 Å². The third-order valence-electron chi connectivity index (χ3n) is 2.88. The van der Waals surface area contributed by atoms with Crippen LogP contribution in [-0.2, 0) is 11.4 Å². The Morgan fingerprint density at radius 3 is 2.52 bits per heavy atom. The van der Waals surface area contributed by atoms with Gasteiger partial charge in [0.05, 0.1) is 6.61 Å². The molecule has 5 heteroatoms. The van der Waals surface area contributed by atoms with E-state index in [9.17, 15) is 14.7 Å². The summed E-state index contributed by atoms with van der Waals surface area (Å²) in [6.45, 7) is 1.26. The Morgan fingerprint density at radius 1 is 1.05 bits per heavy atom. The second-order valence-corrected chi connectivity index (χ2v) is 4.53. The van der Waals surface area contributed by atoms with Crippen molar-refractivity contribution in [1.29, 1.82) is 0 Å². The fourth-order valence-electron chi connectivity index (χ4n) is 1.92. The van der Waals surface area contributed by atoms with Crippen LogP contribution in [-0.4, -0.2) is 16.9 Å². The monoisotopic (exact) mass is 284 g/mol. The van der Waals surface area contributed by atoms with E-state index < -0.39 is 0 Å². The summed E-state index contributed by atoms with van der Waals surface area (Å²) in [5.41, 5.74) is 2.19. The number of aliphatic hydroxyl groups is 1. The highest BCUT2D eigenvalue weighted by atomic mass is 16.3. The summed E-state index contributed by atoms with van der Waals surface area (Å²) in [6, 6.07) is 13.7. The predicted octanol–water partition coefficient (Wildman–Crippen LogP) is 2.39. The first-order chi connectivity index (χ1) is 10.1. The highest BCUT2D eigenvalue weighted by Crippen LogP contribution is 2.17. The van der Waals surface area contributed by atoms with Gasteiger partial charge in [0.15, 0.2) is 0 Å². The normalized spacial score (nSPS) is 10.0. The van der Waals surface area contributed by atoms with E-state index in [0.29, 0.717) is 22.5 Å². The van der Waals surface area contributed by atoms with E-state index in [0.717, 1.165) is 0 Å². The highest BCUT2D eigenvalue weighted by Gasteiger charge is 2.09. The van der Waals surface area contributed by atoms with Crippen LogP contribution < -0.4 is 10.6 Å². The molecule has 3 N–H and O–H groups in total. The molecule has 0 spiro atoms. The molecule has 0 aliphatic rings. The molecule has 5 nitrogen and oxygen atoms in total. The lowest BCUT2D eigenvalue weighted by Gasteiger charge is -2.10. The Balaban J connectivity index is 2.18. The minimum atomic E-state index is -0.303. The molecule has 21 heavy (non-hydrogen) atoms. The molecule has 2 aromatic rings. The van der Waals surface area contributed by atoms with Crippen molar-refractivity contribution in [2.75, 3.05) is 10.6 Å². The van der Waals surface area contributed by atoms with Crippen LogP contribution in [0.15, 0.2) is 48.5 Å². The van der Waals surface area contributed by atoms with Crippen molar-refractivity contribution in [2.24, 2.45) is 0 Å². The summed E-state index contributed by atoms with van der Waals surface area (Å²) in [5, 5.41) is 14.6. The van der Waals surface area contributed by atoms with Gasteiger partial charge in [-0.2, -0.15) is 0 Å². The van der Waals surface area contributed by atoms with Crippen LogP contribution in [0.4, 0.5) is 11.4 Å². The molecular weight excluding hydrogens is 268 g/mol. The molecule has 0 aliphatic heterocycles. The SMILES string of the molecule is CC(=O)Nc1cccc(C(=O)Nc2ccccc2CO)c1. The van der Waals surface area contributed by atoms with E-state index in [-0.39, 0.29) is 18.4 Å². The fourth-order valence-corrected chi connectivity index (χ4v) is 1.92. The Hall–Kier alpha value is -2.66. The van der Waals surface area contributed by atoms with Gasteiger partial charge in [-0.3, -0.25) is 9.59 Å². The first kappa shape index (κ1) is 14.7. The topological polar surface area (TPSA) is 78.4 Å². The maximum atomic E-state index is 12.2. The van der Waals surface area contributed by atoms with Crippen LogP contribution in [0.25, 0.3) is 0 Å². The Labute approximate surface area is 122 Å². The number of nitrogens with one attached hydrogen (secondary N) is 2. The molecule has 108 valence electrons. The molecular formula is C16H16N2O3. The number of carbonyl (C=O) groups is 2. The number of para-hydroxylation sites is 1. The van der Waals surface area contributed by atoms with Crippen LogP contribution in [0.3, 0.4) is 0 Å². The van der Waals surface area contributed by atoms with Gasteiger partial charge in [0.2, 0.25) is 5.91 Å². The van der Waals surface area contributed by atoms with Crippen molar-refractivity contribution in [1.82, 2.24) is 0 Å². The molecule has 0 aromatic heterocycles. The molecule has 0 aliphatic carbocycles. The van der Waals surface area contributed by atoms with E-state index in [1.54, 1.807) is 48.5 Å². The summed E-state index contributed by atoms with van der Waals surface area (Å²) in [7, 11) is 0. The van der Waals surface area contributed by atoms with Crippen LogP contribution in [0.5, 0.6) is 0 Å². The predicted molar refractivity (Wildman–Crippen MR) is 81.1 cm³/mol. The number of anilines is 2. The fraction of sp³-hybridized carbons (Fsp3) is 0.125. The first-order valence-corrected chi connectivity index (χ1v) is 6.48. The van der Waals surface area contributed by atoms with Gasteiger partial charge in [-0.25, -0.2) is 0 Å². The van der Waals surface area contributed by atoms with Gasteiger partial charge in [0.1, 0.15) is 0 Å². The molecule has 2 amide bonds. The average Bonchev–Trinajstić information content (AvgIpc) is 2.47. The van der Waals surface area contributed by atoms with Crippen LogP contribution in [0.1, 0.15) is 22.8 Å². The number of aliphatic hydroxyl groups excluding tert-OH is 1. The number of hydrogen-bond acceptors (Lipinski definition) is 3. The Bertz CT molecular complexity index is 668. The van der Waals surface area contributed by atoms with E-state index in [4.69, 9.17) is 0 Å². The molecule has 0 radical (unpaired) electrons. The molecule has 0 saturated heterocycles. The summed E-state index contributed by atoms with van der Waals surface area (Å²) in [6.07, 6.45) is 0. The van der Waals surface area contributed by atoms with Crippen LogP contribution >= 0.6 is 0 Å². The van der Waals surface area contributed by atoms with Crippen molar-refractivity contribution in [3.05, 3.63) is 59.7 Å². The second kappa shape index (κ2) is 6.67. The molecule has 0 unspecified atom stereocenters. The number of amides is 2.